The highest BCUT2D eigenvalue weighted by atomic mass is 79.9. The van der Waals surface area contributed by atoms with Gasteiger partial charge in [0, 0.05) is 10.2 Å². The highest BCUT2D eigenvalue weighted by Crippen LogP contribution is 2.52. The van der Waals surface area contributed by atoms with E-state index in [1.54, 1.807) is 12.1 Å². The maximum atomic E-state index is 12.6. The number of aryl methyl sites for hydroxylation is 1. The predicted molar refractivity (Wildman–Crippen MR) is 97.0 cm³/mol. The van der Waals surface area contributed by atoms with Gasteiger partial charge in [-0.1, -0.05) is 23.8 Å². The molecule has 2 bridgehead atoms. The van der Waals surface area contributed by atoms with Crippen molar-refractivity contribution < 1.29 is 14.4 Å². The summed E-state index contributed by atoms with van der Waals surface area (Å²) in [6, 6.07) is 3.45. The second kappa shape index (κ2) is 5.95. The van der Waals surface area contributed by atoms with Gasteiger partial charge >= 0.3 is 0 Å². The van der Waals surface area contributed by atoms with Crippen LogP contribution in [0.25, 0.3) is 0 Å². The van der Waals surface area contributed by atoms with Crippen molar-refractivity contribution in [3.63, 3.8) is 0 Å². The second-order valence-corrected chi connectivity index (χ2v) is 8.15. The smallest absolute Gasteiger partial charge is 0.244 e. The van der Waals surface area contributed by atoms with Crippen LogP contribution in [0.4, 0.5) is 5.69 Å². The van der Waals surface area contributed by atoms with Gasteiger partial charge < -0.3 is 5.32 Å². The summed E-state index contributed by atoms with van der Waals surface area (Å²) in [5.41, 5.74) is 1.40. The standard InChI is InChI=1S/C18H16BrClN2O3/c1-8-4-11(19)12(20)6-13(8)21-14(23)7-22-17(24)15-9-2-3-10(5-9)16(15)18(22)25/h2-4,6,9-10,15-16H,5,7H2,1H3,(H,21,23)/t9-,10+,15-,16-/m0/s1. The molecular formula is C18H16BrClN2O3. The zero-order valence-electron chi connectivity index (χ0n) is 13.5. The van der Waals surface area contributed by atoms with Crippen molar-refractivity contribution in [2.24, 2.45) is 23.7 Å². The number of anilines is 1. The number of nitrogens with zero attached hydrogens (tertiary/aromatic N) is 1. The Morgan fingerprint density at radius 1 is 1.24 bits per heavy atom. The zero-order chi connectivity index (χ0) is 17.9. The van der Waals surface area contributed by atoms with Gasteiger partial charge in [-0.05, 0) is 58.8 Å². The van der Waals surface area contributed by atoms with Gasteiger partial charge in [0.05, 0.1) is 16.9 Å². The highest BCUT2D eigenvalue weighted by molar-refractivity contribution is 9.10. The van der Waals surface area contributed by atoms with E-state index in [1.807, 2.05) is 19.1 Å². The molecule has 25 heavy (non-hydrogen) atoms. The summed E-state index contributed by atoms with van der Waals surface area (Å²) in [5.74, 6) is -1.10. The molecule has 4 rings (SSSR count). The van der Waals surface area contributed by atoms with Crippen LogP contribution in [0.15, 0.2) is 28.8 Å². The Hall–Kier alpha value is -1.66. The van der Waals surface area contributed by atoms with Crippen LogP contribution in [0.1, 0.15) is 12.0 Å². The lowest BCUT2D eigenvalue weighted by Gasteiger charge is -2.17. The highest BCUT2D eigenvalue weighted by Gasteiger charge is 2.59. The van der Waals surface area contributed by atoms with Gasteiger partial charge in [0.25, 0.3) is 0 Å². The number of nitrogens with one attached hydrogen (secondary N) is 1. The molecule has 1 aromatic rings. The van der Waals surface area contributed by atoms with E-state index < -0.39 is 5.91 Å². The van der Waals surface area contributed by atoms with Crippen LogP contribution < -0.4 is 5.32 Å². The molecule has 2 aliphatic carbocycles. The first-order valence-corrected chi connectivity index (χ1v) is 9.33. The summed E-state index contributed by atoms with van der Waals surface area (Å²) in [5, 5.41) is 3.22. The van der Waals surface area contributed by atoms with Crippen LogP contribution >= 0.6 is 27.5 Å². The molecular weight excluding hydrogens is 408 g/mol. The Morgan fingerprint density at radius 3 is 2.44 bits per heavy atom. The molecule has 0 spiro atoms. The monoisotopic (exact) mass is 422 g/mol. The molecule has 1 saturated heterocycles. The van der Waals surface area contributed by atoms with Crippen molar-refractivity contribution in [1.29, 1.82) is 0 Å². The number of benzene rings is 1. The lowest BCUT2D eigenvalue weighted by molar-refractivity contribution is -0.143. The Labute approximate surface area is 158 Å². The molecule has 7 heteroatoms. The largest absolute Gasteiger partial charge is 0.324 e. The number of halogens is 2. The molecule has 1 N–H and O–H groups in total. The van der Waals surface area contributed by atoms with Crippen molar-refractivity contribution in [3.05, 3.63) is 39.3 Å². The van der Waals surface area contributed by atoms with Crippen molar-refractivity contribution in [1.82, 2.24) is 4.90 Å². The van der Waals surface area contributed by atoms with E-state index in [9.17, 15) is 14.4 Å². The summed E-state index contributed by atoms with van der Waals surface area (Å²) in [6.45, 7) is 1.59. The molecule has 1 aliphatic heterocycles. The van der Waals surface area contributed by atoms with Gasteiger partial charge in [0.2, 0.25) is 17.7 Å². The first-order valence-electron chi connectivity index (χ1n) is 8.16. The van der Waals surface area contributed by atoms with Crippen LogP contribution in [0.5, 0.6) is 0 Å². The number of likely N-dealkylation sites (tertiary alicyclic amines) is 1. The topological polar surface area (TPSA) is 66.5 Å². The predicted octanol–water partition coefficient (Wildman–Crippen LogP) is 3.16. The van der Waals surface area contributed by atoms with Crippen LogP contribution in [0.2, 0.25) is 5.02 Å². The minimum atomic E-state index is -0.400. The van der Waals surface area contributed by atoms with E-state index in [4.69, 9.17) is 11.6 Å². The quantitative estimate of drug-likeness (QED) is 0.600. The van der Waals surface area contributed by atoms with Crippen molar-refractivity contribution in [2.45, 2.75) is 13.3 Å². The molecule has 0 aromatic heterocycles. The van der Waals surface area contributed by atoms with Crippen molar-refractivity contribution in [3.8, 4) is 0 Å². The third kappa shape index (κ3) is 2.62. The molecule has 1 heterocycles. The van der Waals surface area contributed by atoms with Crippen molar-refractivity contribution >= 4 is 50.9 Å². The van der Waals surface area contributed by atoms with E-state index in [1.165, 1.54) is 0 Å². The number of carbonyl (C=O) groups excluding carboxylic acids is 3. The van der Waals surface area contributed by atoms with Crippen LogP contribution in [-0.4, -0.2) is 29.2 Å². The first-order chi connectivity index (χ1) is 11.9. The fourth-order valence-electron chi connectivity index (χ4n) is 4.23. The van der Waals surface area contributed by atoms with Crippen LogP contribution in [-0.2, 0) is 14.4 Å². The fraction of sp³-hybridized carbons (Fsp3) is 0.389. The fourth-order valence-corrected chi connectivity index (χ4v) is 4.86. The molecule has 2 fully saturated rings. The number of rotatable bonds is 3. The molecule has 0 unspecified atom stereocenters. The Kier molecular flexibility index (Phi) is 4.00. The summed E-state index contributed by atoms with van der Waals surface area (Å²) in [7, 11) is 0. The summed E-state index contributed by atoms with van der Waals surface area (Å²) < 4.78 is 0.741. The molecule has 3 aliphatic rings. The maximum Gasteiger partial charge on any atom is 0.244 e. The van der Waals surface area contributed by atoms with Gasteiger partial charge in [-0.3, -0.25) is 19.3 Å². The van der Waals surface area contributed by atoms with E-state index in [0.29, 0.717) is 10.7 Å². The lowest BCUT2D eigenvalue weighted by Crippen LogP contribution is -2.39. The molecule has 1 aromatic carbocycles. The zero-order valence-corrected chi connectivity index (χ0v) is 15.8. The van der Waals surface area contributed by atoms with Gasteiger partial charge in [0.15, 0.2) is 0 Å². The molecule has 130 valence electrons. The van der Waals surface area contributed by atoms with E-state index in [0.717, 1.165) is 21.4 Å². The molecule has 3 amide bonds. The molecule has 0 radical (unpaired) electrons. The minimum absolute atomic E-state index is 0.145. The first kappa shape index (κ1) is 16.8. The van der Waals surface area contributed by atoms with Gasteiger partial charge in [-0.2, -0.15) is 0 Å². The second-order valence-electron chi connectivity index (χ2n) is 6.89. The summed E-state index contributed by atoms with van der Waals surface area (Å²) in [4.78, 5) is 38.7. The van der Waals surface area contributed by atoms with Crippen molar-refractivity contribution in [2.75, 3.05) is 11.9 Å². The lowest BCUT2D eigenvalue weighted by atomic mass is 9.85. The Morgan fingerprint density at radius 2 is 1.84 bits per heavy atom. The Balaban J connectivity index is 1.48. The van der Waals surface area contributed by atoms with E-state index in [-0.39, 0.29) is 42.0 Å². The SMILES string of the molecule is Cc1cc(Br)c(Cl)cc1NC(=O)CN1C(=O)[C@@H]2[C@@H](C1=O)[C@H]1C=C[C@@H]2C1. The molecule has 1 saturated carbocycles. The van der Waals surface area contributed by atoms with Crippen LogP contribution in [0.3, 0.4) is 0 Å². The van der Waals surface area contributed by atoms with E-state index >= 15 is 0 Å². The average Bonchev–Trinajstić information content (AvgIpc) is 3.22. The summed E-state index contributed by atoms with van der Waals surface area (Å²) in [6.07, 6.45) is 4.95. The van der Waals surface area contributed by atoms with Gasteiger partial charge in [-0.25, -0.2) is 0 Å². The third-order valence-corrected chi connectivity index (χ3v) is 6.60. The number of fused-ring (bicyclic) bond motifs is 5. The normalized spacial score (nSPS) is 29.5. The average molecular weight is 424 g/mol. The van der Waals surface area contributed by atoms with E-state index in [2.05, 4.69) is 21.2 Å². The van der Waals surface area contributed by atoms with Gasteiger partial charge in [0.1, 0.15) is 6.54 Å². The Bertz CT molecular complexity index is 808. The minimum Gasteiger partial charge on any atom is -0.324 e. The number of carbonyl (C=O) groups is 3. The summed E-state index contributed by atoms with van der Waals surface area (Å²) >= 11 is 9.40. The molecule has 5 nitrogen and oxygen atoms in total. The molecule has 4 atom stereocenters. The van der Waals surface area contributed by atoms with Crippen LogP contribution in [0, 0.1) is 30.6 Å². The maximum absolute atomic E-state index is 12.6. The number of hydrogen-bond acceptors (Lipinski definition) is 3. The number of amides is 3. The van der Waals surface area contributed by atoms with Gasteiger partial charge in [-0.15, -0.1) is 0 Å². The third-order valence-electron chi connectivity index (χ3n) is 5.40. The number of imide groups is 1. The number of hydrogen-bond donors (Lipinski definition) is 1. The number of allylic oxidation sites excluding steroid dienone is 2.